The maximum absolute atomic E-state index is 12.9. The van der Waals surface area contributed by atoms with Gasteiger partial charge in [0, 0.05) is 49.6 Å². The molecule has 3 aromatic carbocycles. The minimum atomic E-state index is 0.0678. The highest BCUT2D eigenvalue weighted by Crippen LogP contribution is 2.33. The fourth-order valence-electron chi connectivity index (χ4n) is 4.55. The summed E-state index contributed by atoms with van der Waals surface area (Å²) in [6.45, 7) is 3.96. The molecule has 0 N–H and O–H groups in total. The summed E-state index contributed by atoms with van der Waals surface area (Å²) >= 11 is 0. The monoisotopic (exact) mass is 449 g/mol. The van der Waals surface area contributed by atoms with Crippen molar-refractivity contribution in [1.29, 1.82) is 0 Å². The van der Waals surface area contributed by atoms with E-state index < -0.39 is 0 Å². The van der Waals surface area contributed by atoms with Crippen molar-refractivity contribution in [2.45, 2.75) is 13.3 Å². The molecule has 5 rings (SSSR count). The van der Waals surface area contributed by atoms with Crippen molar-refractivity contribution in [1.82, 2.24) is 14.8 Å². The molecule has 2 amide bonds. The zero-order valence-corrected chi connectivity index (χ0v) is 19.3. The van der Waals surface area contributed by atoms with E-state index in [1.165, 1.54) is 0 Å². The van der Waals surface area contributed by atoms with Crippen molar-refractivity contribution in [3.05, 3.63) is 90.5 Å². The molecule has 5 nitrogen and oxygen atoms in total. The first-order valence-corrected chi connectivity index (χ1v) is 11.7. The second kappa shape index (κ2) is 9.48. The first-order valence-electron chi connectivity index (χ1n) is 11.7. The molecule has 5 heteroatoms. The van der Waals surface area contributed by atoms with Gasteiger partial charge in [0.1, 0.15) is 0 Å². The van der Waals surface area contributed by atoms with Gasteiger partial charge in [0.25, 0.3) is 0 Å². The minimum Gasteiger partial charge on any atom is -0.339 e. The van der Waals surface area contributed by atoms with Gasteiger partial charge in [-0.2, -0.15) is 0 Å². The van der Waals surface area contributed by atoms with Crippen LogP contribution in [-0.4, -0.2) is 52.8 Å². The minimum absolute atomic E-state index is 0.0678. The SMILES string of the molecule is CC(=O)N1CCN(C(=O)Cc2ccc3nc(-c4ccccc4)c(-c4ccccc4)cc3c2)CC1. The predicted molar refractivity (Wildman–Crippen MR) is 135 cm³/mol. The molecule has 0 unspecified atom stereocenters. The van der Waals surface area contributed by atoms with E-state index in [4.69, 9.17) is 4.98 Å². The summed E-state index contributed by atoms with van der Waals surface area (Å²) in [6, 6.07) is 28.8. The number of aromatic nitrogens is 1. The van der Waals surface area contributed by atoms with Crippen LogP contribution in [0.3, 0.4) is 0 Å². The summed E-state index contributed by atoms with van der Waals surface area (Å²) in [6.07, 6.45) is 0.344. The second-order valence-electron chi connectivity index (χ2n) is 8.71. The quantitative estimate of drug-likeness (QED) is 0.450. The lowest BCUT2D eigenvalue weighted by Gasteiger charge is -2.34. The van der Waals surface area contributed by atoms with Gasteiger partial charge in [-0.25, -0.2) is 4.98 Å². The lowest BCUT2D eigenvalue weighted by atomic mass is 9.96. The van der Waals surface area contributed by atoms with Crippen LogP contribution in [0.1, 0.15) is 12.5 Å². The number of piperazine rings is 1. The number of amides is 2. The molecule has 1 fully saturated rings. The Morgan fingerprint density at radius 2 is 1.38 bits per heavy atom. The van der Waals surface area contributed by atoms with Crippen molar-refractivity contribution in [2.75, 3.05) is 26.2 Å². The van der Waals surface area contributed by atoms with E-state index in [0.717, 1.165) is 38.9 Å². The first-order chi connectivity index (χ1) is 16.6. The van der Waals surface area contributed by atoms with Crippen LogP contribution in [0.2, 0.25) is 0 Å². The van der Waals surface area contributed by atoms with Gasteiger partial charge < -0.3 is 9.80 Å². The largest absolute Gasteiger partial charge is 0.339 e. The molecule has 2 heterocycles. The normalized spacial score (nSPS) is 13.8. The van der Waals surface area contributed by atoms with Crippen LogP contribution in [0.5, 0.6) is 0 Å². The highest BCUT2D eigenvalue weighted by molar-refractivity contribution is 5.92. The van der Waals surface area contributed by atoms with Gasteiger partial charge in [0.2, 0.25) is 11.8 Å². The van der Waals surface area contributed by atoms with Gasteiger partial charge in [-0.1, -0.05) is 66.7 Å². The molecule has 0 atom stereocenters. The summed E-state index contributed by atoms with van der Waals surface area (Å²) < 4.78 is 0. The zero-order valence-electron chi connectivity index (χ0n) is 19.3. The Labute approximate surface area is 199 Å². The maximum atomic E-state index is 12.9. The number of nitrogens with zero attached hydrogens (tertiary/aromatic N) is 3. The third-order valence-corrected chi connectivity index (χ3v) is 6.44. The molecule has 0 spiro atoms. The number of hydrogen-bond acceptors (Lipinski definition) is 3. The fraction of sp³-hybridized carbons (Fsp3) is 0.207. The Kier molecular flexibility index (Phi) is 6.09. The summed E-state index contributed by atoms with van der Waals surface area (Å²) in [7, 11) is 0. The molecule has 1 aromatic heterocycles. The number of carbonyl (C=O) groups excluding carboxylic acids is 2. The van der Waals surface area contributed by atoms with E-state index in [0.29, 0.717) is 32.6 Å². The van der Waals surface area contributed by atoms with Gasteiger partial charge in [0.15, 0.2) is 0 Å². The zero-order chi connectivity index (χ0) is 23.5. The standard InChI is InChI=1S/C29H27N3O2/c1-21(33)31-14-16-32(17-15-31)28(34)19-22-12-13-27-25(18-22)20-26(23-8-4-2-5-9-23)29(30-27)24-10-6-3-7-11-24/h2-13,18,20H,14-17,19H2,1H3. The van der Waals surface area contributed by atoms with Crippen LogP contribution in [0.25, 0.3) is 33.3 Å². The summed E-state index contributed by atoms with van der Waals surface area (Å²) in [5.41, 5.74) is 6.09. The van der Waals surface area contributed by atoms with E-state index >= 15 is 0 Å². The lowest BCUT2D eigenvalue weighted by Crippen LogP contribution is -2.50. The van der Waals surface area contributed by atoms with Crippen LogP contribution in [-0.2, 0) is 16.0 Å². The molecule has 0 radical (unpaired) electrons. The maximum Gasteiger partial charge on any atom is 0.227 e. The number of hydrogen-bond donors (Lipinski definition) is 0. The molecule has 1 aliphatic heterocycles. The van der Waals surface area contributed by atoms with Gasteiger partial charge in [-0.3, -0.25) is 9.59 Å². The molecule has 0 aliphatic carbocycles. The average Bonchev–Trinajstić information content (AvgIpc) is 2.89. The number of fused-ring (bicyclic) bond motifs is 1. The van der Waals surface area contributed by atoms with E-state index in [1.807, 2.05) is 53.4 Å². The molecule has 0 saturated carbocycles. The van der Waals surface area contributed by atoms with Crippen molar-refractivity contribution in [3.63, 3.8) is 0 Å². The third-order valence-electron chi connectivity index (χ3n) is 6.44. The average molecular weight is 450 g/mol. The molecule has 0 bridgehead atoms. The molecule has 170 valence electrons. The van der Waals surface area contributed by atoms with E-state index in [1.54, 1.807) is 11.8 Å². The van der Waals surface area contributed by atoms with Gasteiger partial charge >= 0.3 is 0 Å². The Bertz CT molecular complexity index is 1330. The van der Waals surface area contributed by atoms with Crippen LogP contribution >= 0.6 is 0 Å². The Hall–Kier alpha value is -3.99. The molecule has 34 heavy (non-hydrogen) atoms. The summed E-state index contributed by atoms with van der Waals surface area (Å²) in [4.78, 5) is 33.1. The summed E-state index contributed by atoms with van der Waals surface area (Å²) in [5.74, 6) is 0.165. The van der Waals surface area contributed by atoms with E-state index in [2.05, 4.69) is 36.4 Å². The van der Waals surface area contributed by atoms with Crippen LogP contribution in [0, 0.1) is 0 Å². The van der Waals surface area contributed by atoms with E-state index in [9.17, 15) is 9.59 Å². The Morgan fingerprint density at radius 1 is 0.765 bits per heavy atom. The molecular formula is C29H27N3O2. The molecule has 4 aromatic rings. The van der Waals surface area contributed by atoms with E-state index in [-0.39, 0.29) is 11.8 Å². The Morgan fingerprint density at radius 3 is 2.03 bits per heavy atom. The lowest BCUT2D eigenvalue weighted by molar-refractivity contribution is -0.138. The fourth-order valence-corrected chi connectivity index (χ4v) is 4.55. The number of carbonyl (C=O) groups is 2. The molecule has 1 saturated heterocycles. The topological polar surface area (TPSA) is 53.5 Å². The summed E-state index contributed by atoms with van der Waals surface area (Å²) in [5, 5.41) is 1.02. The van der Waals surface area contributed by atoms with Crippen LogP contribution in [0.15, 0.2) is 84.9 Å². The van der Waals surface area contributed by atoms with Crippen molar-refractivity contribution < 1.29 is 9.59 Å². The second-order valence-corrected chi connectivity index (χ2v) is 8.71. The molecular weight excluding hydrogens is 422 g/mol. The van der Waals surface area contributed by atoms with Gasteiger partial charge in [0.05, 0.1) is 17.6 Å². The number of pyridine rings is 1. The van der Waals surface area contributed by atoms with Crippen molar-refractivity contribution in [3.8, 4) is 22.4 Å². The predicted octanol–water partition coefficient (Wildman–Crippen LogP) is 4.80. The van der Waals surface area contributed by atoms with Gasteiger partial charge in [-0.05, 0) is 29.3 Å². The number of benzene rings is 3. The third kappa shape index (κ3) is 4.55. The highest BCUT2D eigenvalue weighted by atomic mass is 16.2. The van der Waals surface area contributed by atoms with Crippen molar-refractivity contribution in [2.24, 2.45) is 0 Å². The van der Waals surface area contributed by atoms with Crippen LogP contribution in [0.4, 0.5) is 0 Å². The van der Waals surface area contributed by atoms with Crippen LogP contribution < -0.4 is 0 Å². The number of rotatable bonds is 4. The highest BCUT2D eigenvalue weighted by Gasteiger charge is 2.22. The Balaban J connectivity index is 1.45. The van der Waals surface area contributed by atoms with Gasteiger partial charge in [-0.15, -0.1) is 0 Å². The first kappa shape index (κ1) is 21.8. The van der Waals surface area contributed by atoms with Crippen molar-refractivity contribution >= 4 is 22.7 Å². The molecule has 1 aliphatic rings. The smallest absolute Gasteiger partial charge is 0.227 e.